The molecule has 4 atom stereocenters. The fourth-order valence-electron chi connectivity index (χ4n) is 3.79. The largest absolute Gasteiger partial charge is 0.533 e. The Morgan fingerprint density at radius 2 is 1.39 bits per heavy atom. The van der Waals surface area contributed by atoms with Gasteiger partial charge in [0.25, 0.3) is 11.8 Å². The Kier molecular flexibility index (Phi) is 13.7. The van der Waals surface area contributed by atoms with Crippen LogP contribution in [0.5, 0.6) is 0 Å². The average Bonchev–Trinajstić information content (AvgIpc) is 3.32. The molecule has 0 aliphatic carbocycles. The van der Waals surface area contributed by atoms with Crippen molar-refractivity contribution in [2.75, 3.05) is 13.2 Å². The average molecular weight is 551 g/mol. The van der Waals surface area contributed by atoms with Crippen LogP contribution in [0.3, 0.4) is 0 Å². The third-order valence-electron chi connectivity index (χ3n) is 5.79. The number of carbonyl (C=O) groups is 4. The number of aliphatic hydroxyl groups is 1. The molecular weight excluding hydrogens is 512 g/mol. The van der Waals surface area contributed by atoms with Crippen molar-refractivity contribution in [2.24, 2.45) is 0 Å². The third-order valence-corrected chi connectivity index (χ3v) is 9.36. The van der Waals surface area contributed by atoms with Gasteiger partial charge in [0.2, 0.25) is 0 Å². The van der Waals surface area contributed by atoms with E-state index in [1.54, 1.807) is 21.6 Å². The molecule has 1 N–H and O–H groups in total. The van der Waals surface area contributed by atoms with Gasteiger partial charge >= 0.3 is 12.3 Å². The van der Waals surface area contributed by atoms with Gasteiger partial charge in [-0.15, -0.1) is 5.06 Å². The van der Waals surface area contributed by atoms with Gasteiger partial charge in [-0.05, 0) is 45.4 Å². The van der Waals surface area contributed by atoms with Gasteiger partial charge in [-0.3, -0.25) is 14.4 Å². The van der Waals surface area contributed by atoms with Crippen molar-refractivity contribution < 1.29 is 43.4 Å². The molecule has 0 radical (unpaired) electrons. The van der Waals surface area contributed by atoms with E-state index in [1.165, 1.54) is 5.06 Å². The first-order chi connectivity index (χ1) is 17.2. The molecule has 2 aliphatic rings. The predicted octanol–water partition coefficient (Wildman–Crippen LogP) is 4.57. The molecular formula is C23H38N2O9S2. The standard InChI is InChI=1S/C23H38N2O9S2/c1-4-6-17(12-14-31-22(29)33-24-16(3)8-9-19(24)26)35-36-18(7-5-2)13-15-32-23(30)34-25-20(27)10-11-21(25)28/h16-19,26H,4-15H2,1-3H3. The predicted molar refractivity (Wildman–Crippen MR) is 134 cm³/mol. The molecule has 0 aromatic rings. The van der Waals surface area contributed by atoms with Crippen LogP contribution < -0.4 is 0 Å². The van der Waals surface area contributed by atoms with Crippen LogP contribution in [-0.2, 0) is 28.7 Å². The number of nitrogens with zero attached hydrogens (tertiary/aromatic N) is 2. The highest BCUT2D eigenvalue weighted by molar-refractivity contribution is 8.77. The summed E-state index contributed by atoms with van der Waals surface area (Å²) in [6.07, 6.45) is 3.82. The molecule has 0 saturated carbocycles. The van der Waals surface area contributed by atoms with E-state index < -0.39 is 30.4 Å². The normalized spacial score (nSPS) is 21.9. The molecule has 0 bridgehead atoms. The molecule has 0 aromatic heterocycles. The summed E-state index contributed by atoms with van der Waals surface area (Å²) in [5.74, 6) is -1.09. The van der Waals surface area contributed by atoms with Crippen molar-refractivity contribution in [3.63, 3.8) is 0 Å². The number of carbonyl (C=O) groups excluding carboxylic acids is 4. The van der Waals surface area contributed by atoms with Gasteiger partial charge in [-0.1, -0.05) is 53.3 Å². The fourth-order valence-corrected chi connectivity index (χ4v) is 7.25. The van der Waals surface area contributed by atoms with E-state index in [4.69, 9.17) is 19.1 Å². The van der Waals surface area contributed by atoms with Crippen molar-refractivity contribution in [3.05, 3.63) is 0 Å². The smallest absolute Gasteiger partial charge is 0.433 e. The molecule has 13 heteroatoms. The minimum Gasteiger partial charge on any atom is -0.433 e. The summed E-state index contributed by atoms with van der Waals surface area (Å²) < 4.78 is 10.3. The maximum Gasteiger partial charge on any atom is 0.533 e. The van der Waals surface area contributed by atoms with Crippen LogP contribution >= 0.6 is 21.6 Å². The lowest BCUT2D eigenvalue weighted by Crippen LogP contribution is -2.36. The minimum atomic E-state index is -1.06. The fraction of sp³-hybridized carbons (Fsp3) is 0.826. The van der Waals surface area contributed by atoms with E-state index in [2.05, 4.69) is 13.8 Å². The maximum absolute atomic E-state index is 12.0. The van der Waals surface area contributed by atoms with Crippen molar-refractivity contribution in [3.8, 4) is 0 Å². The first-order valence-corrected chi connectivity index (χ1v) is 14.9. The molecule has 2 amide bonds. The van der Waals surface area contributed by atoms with Crippen molar-refractivity contribution in [2.45, 2.75) is 108 Å². The van der Waals surface area contributed by atoms with Crippen LogP contribution in [0.4, 0.5) is 9.59 Å². The number of hydrogen-bond acceptors (Lipinski definition) is 12. The van der Waals surface area contributed by atoms with Gasteiger partial charge in [-0.25, -0.2) is 9.59 Å². The van der Waals surface area contributed by atoms with Crippen molar-refractivity contribution in [1.82, 2.24) is 10.1 Å². The molecule has 2 fully saturated rings. The summed E-state index contributed by atoms with van der Waals surface area (Å²) in [7, 11) is 3.45. The quantitative estimate of drug-likeness (QED) is 0.174. The van der Waals surface area contributed by atoms with Crippen LogP contribution in [0.2, 0.25) is 0 Å². The van der Waals surface area contributed by atoms with Crippen molar-refractivity contribution in [1.29, 1.82) is 0 Å². The van der Waals surface area contributed by atoms with Gasteiger partial charge in [0, 0.05) is 29.4 Å². The number of aliphatic hydroxyl groups excluding tert-OH is 1. The monoisotopic (exact) mass is 550 g/mol. The molecule has 4 unspecified atom stereocenters. The molecule has 11 nitrogen and oxygen atoms in total. The van der Waals surface area contributed by atoms with Crippen LogP contribution in [-0.4, -0.2) is 75.3 Å². The second-order valence-electron chi connectivity index (χ2n) is 8.82. The topological polar surface area (TPSA) is 132 Å². The molecule has 2 aliphatic heterocycles. The first-order valence-electron chi connectivity index (χ1n) is 12.6. The van der Waals surface area contributed by atoms with E-state index in [-0.39, 0.29) is 42.6 Å². The lowest BCUT2D eigenvalue weighted by molar-refractivity contribution is -0.205. The minimum absolute atomic E-state index is 0.0322. The van der Waals surface area contributed by atoms with E-state index in [0.29, 0.717) is 24.3 Å². The van der Waals surface area contributed by atoms with E-state index >= 15 is 0 Å². The van der Waals surface area contributed by atoms with Gasteiger partial charge in [-0.2, -0.15) is 0 Å². The zero-order valence-corrected chi connectivity index (χ0v) is 22.9. The van der Waals surface area contributed by atoms with Gasteiger partial charge < -0.3 is 19.4 Å². The maximum atomic E-state index is 12.0. The number of hydroxylamine groups is 4. The summed E-state index contributed by atoms with van der Waals surface area (Å²) in [4.78, 5) is 56.7. The molecule has 0 aromatic carbocycles. The van der Waals surface area contributed by atoms with Gasteiger partial charge in [0.05, 0.1) is 13.2 Å². The van der Waals surface area contributed by atoms with E-state index in [1.807, 2.05) is 6.92 Å². The zero-order chi connectivity index (χ0) is 26.5. The Morgan fingerprint density at radius 1 is 0.889 bits per heavy atom. The van der Waals surface area contributed by atoms with Gasteiger partial charge in [0.1, 0.15) is 6.23 Å². The summed E-state index contributed by atoms with van der Waals surface area (Å²) in [5, 5.41) is 12.1. The Morgan fingerprint density at radius 3 is 1.83 bits per heavy atom. The van der Waals surface area contributed by atoms with Crippen LogP contribution in [0.1, 0.15) is 85.0 Å². The number of rotatable bonds is 15. The SMILES string of the molecule is CCCC(CCOC(=O)ON1C(=O)CCC1=O)SSC(CCC)CCOC(=O)ON1C(C)CCC1O. The molecule has 2 heterocycles. The first kappa shape index (κ1) is 30.5. The Labute approximate surface area is 220 Å². The molecule has 2 saturated heterocycles. The second-order valence-corrected chi connectivity index (χ2v) is 11.7. The highest BCUT2D eigenvalue weighted by Crippen LogP contribution is 2.38. The highest BCUT2D eigenvalue weighted by atomic mass is 33.1. The molecule has 0 spiro atoms. The summed E-state index contributed by atoms with van der Waals surface area (Å²) in [6, 6.07) is -0.0427. The van der Waals surface area contributed by atoms with Gasteiger partial charge in [0.15, 0.2) is 0 Å². The Bertz CT molecular complexity index is 716. The van der Waals surface area contributed by atoms with Crippen LogP contribution in [0, 0.1) is 0 Å². The number of ether oxygens (including phenoxy) is 2. The summed E-state index contributed by atoms with van der Waals surface area (Å²) in [5.41, 5.74) is 0. The number of amides is 2. The number of imide groups is 1. The molecule has 36 heavy (non-hydrogen) atoms. The van der Waals surface area contributed by atoms with E-state index in [0.717, 1.165) is 32.1 Å². The zero-order valence-electron chi connectivity index (χ0n) is 21.2. The third kappa shape index (κ3) is 10.3. The van der Waals surface area contributed by atoms with E-state index in [9.17, 15) is 24.3 Å². The van der Waals surface area contributed by atoms with Crippen molar-refractivity contribution >= 4 is 45.7 Å². The Hall–Kier alpha value is -1.70. The second kappa shape index (κ2) is 16.2. The summed E-state index contributed by atoms with van der Waals surface area (Å²) in [6.45, 7) is 6.39. The van der Waals surface area contributed by atoms with Crippen LogP contribution in [0.25, 0.3) is 0 Å². The molecule has 206 valence electrons. The Balaban J connectivity index is 1.68. The lowest BCUT2D eigenvalue weighted by Gasteiger charge is -2.23. The lowest BCUT2D eigenvalue weighted by atomic mass is 10.2. The number of hydrogen-bond donors (Lipinski definition) is 1. The molecule has 2 rings (SSSR count). The highest BCUT2D eigenvalue weighted by Gasteiger charge is 2.34. The summed E-state index contributed by atoms with van der Waals surface area (Å²) >= 11 is 0. The van der Waals surface area contributed by atoms with Crippen LogP contribution in [0.15, 0.2) is 0 Å².